The first-order chi connectivity index (χ1) is 14.0. The summed E-state index contributed by atoms with van der Waals surface area (Å²) in [7, 11) is 1.48. The van der Waals surface area contributed by atoms with Crippen LogP contribution < -0.4 is 18.9 Å². The van der Waals surface area contributed by atoms with Gasteiger partial charge in [0.25, 0.3) is 0 Å². The third-order valence-corrected chi connectivity index (χ3v) is 4.01. The Bertz CT molecular complexity index is 963. The molecule has 2 aromatic carbocycles. The Balaban J connectivity index is 1.93. The molecule has 8 heteroatoms. The highest BCUT2D eigenvalue weighted by Gasteiger charge is 2.16. The minimum Gasteiger partial charge on any atom is -0.493 e. The first kappa shape index (κ1) is 21.9. The highest BCUT2D eigenvalue weighted by atomic mass is 35.5. The van der Waals surface area contributed by atoms with Gasteiger partial charge in [0.05, 0.1) is 48.6 Å². The van der Waals surface area contributed by atoms with E-state index in [1.165, 1.54) is 19.2 Å². The van der Waals surface area contributed by atoms with E-state index in [9.17, 15) is 4.79 Å². The van der Waals surface area contributed by atoms with Crippen molar-refractivity contribution in [3.8, 4) is 35.1 Å². The lowest BCUT2D eigenvalue weighted by Gasteiger charge is -2.13. The van der Waals surface area contributed by atoms with Gasteiger partial charge in [-0.1, -0.05) is 11.6 Å². The molecule has 0 atom stereocenters. The molecule has 0 aromatic heterocycles. The van der Waals surface area contributed by atoms with Crippen molar-refractivity contribution in [3.05, 3.63) is 46.5 Å². The number of halogens is 1. The SMILES string of the molecule is CCOc1cc(C#N)cc(Cl)c1OC(=O)CCCOc1ccc(C#N)cc1OC. The molecule has 0 heterocycles. The number of nitrogens with zero attached hydrogens (tertiary/aromatic N) is 2. The molecule has 0 spiro atoms. The maximum atomic E-state index is 12.2. The van der Waals surface area contributed by atoms with E-state index < -0.39 is 5.97 Å². The van der Waals surface area contributed by atoms with Crippen molar-refractivity contribution in [2.75, 3.05) is 20.3 Å². The monoisotopic (exact) mass is 414 g/mol. The van der Waals surface area contributed by atoms with Gasteiger partial charge in [0.15, 0.2) is 23.0 Å². The van der Waals surface area contributed by atoms with Crippen LogP contribution in [-0.2, 0) is 4.79 Å². The summed E-state index contributed by atoms with van der Waals surface area (Å²) in [5.41, 5.74) is 0.769. The number of ether oxygens (including phenoxy) is 4. The number of benzene rings is 2. The topological polar surface area (TPSA) is 102 Å². The maximum absolute atomic E-state index is 12.2. The second-order valence-electron chi connectivity index (χ2n) is 5.73. The van der Waals surface area contributed by atoms with Crippen molar-refractivity contribution in [2.45, 2.75) is 19.8 Å². The average molecular weight is 415 g/mol. The van der Waals surface area contributed by atoms with Gasteiger partial charge < -0.3 is 18.9 Å². The fourth-order valence-electron chi connectivity index (χ4n) is 2.41. The van der Waals surface area contributed by atoms with Crippen molar-refractivity contribution >= 4 is 17.6 Å². The van der Waals surface area contributed by atoms with E-state index in [0.29, 0.717) is 35.7 Å². The van der Waals surface area contributed by atoms with Crippen molar-refractivity contribution in [1.29, 1.82) is 10.5 Å². The van der Waals surface area contributed by atoms with E-state index in [1.807, 2.05) is 12.1 Å². The van der Waals surface area contributed by atoms with Crippen LogP contribution in [0.5, 0.6) is 23.0 Å². The Morgan fingerprint density at radius 1 is 1.03 bits per heavy atom. The molecule has 0 aliphatic heterocycles. The first-order valence-corrected chi connectivity index (χ1v) is 9.18. The van der Waals surface area contributed by atoms with E-state index in [4.69, 9.17) is 41.1 Å². The minimum absolute atomic E-state index is 0.0838. The Labute approximate surface area is 173 Å². The number of esters is 1. The zero-order chi connectivity index (χ0) is 21.2. The molecular formula is C21H19ClN2O5. The molecule has 2 aromatic rings. The Morgan fingerprint density at radius 2 is 1.76 bits per heavy atom. The molecule has 0 unspecified atom stereocenters. The Kier molecular flexibility index (Phi) is 8.14. The second kappa shape index (κ2) is 10.8. The predicted octanol–water partition coefficient (Wildman–Crippen LogP) is 4.26. The molecule has 29 heavy (non-hydrogen) atoms. The lowest BCUT2D eigenvalue weighted by Crippen LogP contribution is -2.11. The zero-order valence-electron chi connectivity index (χ0n) is 16.0. The zero-order valence-corrected chi connectivity index (χ0v) is 16.8. The summed E-state index contributed by atoms with van der Waals surface area (Å²) in [5.74, 6) is 0.745. The van der Waals surface area contributed by atoms with Crippen molar-refractivity contribution in [3.63, 3.8) is 0 Å². The van der Waals surface area contributed by atoms with E-state index in [2.05, 4.69) is 0 Å². The molecule has 0 amide bonds. The lowest BCUT2D eigenvalue weighted by molar-refractivity contribution is -0.134. The van der Waals surface area contributed by atoms with Gasteiger partial charge >= 0.3 is 5.97 Å². The predicted molar refractivity (Wildman–Crippen MR) is 105 cm³/mol. The molecule has 0 bridgehead atoms. The van der Waals surface area contributed by atoms with Gasteiger partial charge in [-0.3, -0.25) is 4.79 Å². The standard InChI is InChI=1S/C21H19ClN2O5/c1-3-27-19-11-15(13-24)9-16(22)21(19)29-20(25)5-4-8-28-17-7-6-14(12-23)10-18(17)26-2/h6-7,9-11H,3-5,8H2,1-2H3. The summed E-state index contributed by atoms with van der Waals surface area (Å²) in [4.78, 5) is 12.2. The van der Waals surface area contributed by atoms with Crippen LogP contribution in [0.1, 0.15) is 30.9 Å². The molecule has 0 fully saturated rings. The van der Waals surface area contributed by atoms with E-state index in [0.717, 1.165) is 0 Å². The van der Waals surface area contributed by atoms with Gasteiger partial charge in [-0.25, -0.2) is 0 Å². The minimum atomic E-state index is -0.507. The highest BCUT2D eigenvalue weighted by Crippen LogP contribution is 2.37. The summed E-state index contributed by atoms with van der Waals surface area (Å²) in [5, 5.41) is 18.1. The van der Waals surface area contributed by atoms with Crippen LogP contribution in [-0.4, -0.2) is 26.3 Å². The molecular weight excluding hydrogens is 396 g/mol. The number of carbonyl (C=O) groups is 1. The lowest BCUT2D eigenvalue weighted by atomic mass is 10.2. The number of hydrogen-bond donors (Lipinski definition) is 0. The summed E-state index contributed by atoms with van der Waals surface area (Å²) >= 11 is 6.12. The van der Waals surface area contributed by atoms with Crippen LogP contribution in [0.4, 0.5) is 0 Å². The quantitative estimate of drug-likeness (QED) is 0.343. The van der Waals surface area contributed by atoms with Gasteiger partial charge in [0.1, 0.15) is 0 Å². The van der Waals surface area contributed by atoms with Crippen LogP contribution in [0.15, 0.2) is 30.3 Å². The number of nitriles is 2. The van der Waals surface area contributed by atoms with Gasteiger partial charge in [-0.05, 0) is 31.5 Å². The molecule has 0 radical (unpaired) electrons. The summed E-state index contributed by atoms with van der Waals surface area (Å²) in [6.45, 7) is 2.35. The molecule has 0 saturated heterocycles. The molecule has 2 rings (SSSR count). The normalized spacial score (nSPS) is 9.83. The maximum Gasteiger partial charge on any atom is 0.311 e. The highest BCUT2D eigenvalue weighted by molar-refractivity contribution is 6.32. The fourth-order valence-corrected chi connectivity index (χ4v) is 2.66. The molecule has 0 saturated carbocycles. The smallest absolute Gasteiger partial charge is 0.311 e. The average Bonchev–Trinajstić information content (AvgIpc) is 2.73. The molecule has 0 aliphatic rings. The van der Waals surface area contributed by atoms with E-state index >= 15 is 0 Å². The van der Waals surface area contributed by atoms with Crippen LogP contribution >= 0.6 is 11.6 Å². The number of hydrogen-bond acceptors (Lipinski definition) is 7. The van der Waals surface area contributed by atoms with Crippen LogP contribution in [0.3, 0.4) is 0 Å². The summed E-state index contributed by atoms with van der Waals surface area (Å²) < 4.78 is 21.6. The number of methoxy groups -OCH3 is 1. The van der Waals surface area contributed by atoms with Gasteiger partial charge in [0.2, 0.25) is 0 Å². The first-order valence-electron chi connectivity index (χ1n) is 8.80. The Morgan fingerprint density at radius 3 is 2.41 bits per heavy atom. The van der Waals surface area contributed by atoms with E-state index in [-0.39, 0.29) is 29.5 Å². The molecule has 0 N–H and O–H groups in total. The number of rotatable bonds is 9. The fraction of sp³-hybridized carbons (Fsp3) is 0.286. The van der Waals surface area contributed by atoms with Crippen molar-refractivity contribution in [2.24, 2.45) is 0 Å². The van der Waals surface area contributed by atoms with Crippen molar-refractivity contribution in [1.82, 2.24) is 0 Å². The van der Waals surface area contributed by atoms with Gasteiger partial charge in [-0.15, -0.1) is 0 Å². The van der Waals surface area contributed by atoms with Gasteiger partial charge in [0, 0.05) is 18.6 Å². The molecule has 7 nitrogen and oxygen atoms in total. The molecule has 150 valence electrons. The molecule has 0 aliphatic carbocycles. The number of carbonyl (C=O) groups excluding carboxylic acids is 1. The second-order valence-corrected chi connectivity index (χ2v) is 6.14. The van der Waals surface area contributed by atoms with Crippen LogP contribution in [0, 0.1) is 22.7 Å². The van der Waals surface area contributed by atoms with Crippen LogP contribution in [0.25, 0.3) is 0 Å². The largest absolute Gasteiger partial charge is 0.493 e. The Hall–Kier alpha value is -3.42. The van der Waals surface area contributed by atoms with Crippen LogP contribution in [0.2, 0.25) is 5.02 Å². The van der Waals surface area contributed by atoms with Crippen molar-refractivity contribution < 1.29 is 23.7 Å². The van der Waals surface area contributed by atoms with E-state index in [1.54, 1.807) is 25.1 Å². The third kappa shape index (κ3) is 6.03. The third-order valence-electron chi connectivity index (χ3n) is 3.73. The van der Waals surface area contributed by atoms with Gasteiger partial charge in [-0.2, -0.15) is 10.5 Å². The summed E-state index contributed by atoms with van der Waals surface area (Å²) in [6.07, 6.45) is 0.473. The summed E-state index contributed by atoms with van der Waals surface area (Å²) in [6, 6.07) is 11.7.